The van der Waals surface area contributed by atoms with Crippen molar-refractivity contribution in [2.45, 2.75) is 6.18 Å². The smallest absolute Gasteiger partial charge is 0.405 e. The number of carbonyl (C=O) groups is 2. The summed E-state index contributed by atoms with van der Waals surface area (Å²) in [6, 6.07) is 10.6. The van der Waals surface area contributed by atoms with Gasteiger partial charge in [0, 0.05) is 12.1 Å². The Hall–Kier alpha value is -3.63. The lowest BCUT2D eigenvalue weighted by atomic mass is 10.1. The molecule has 148 valence electrons. The summed E-state index contributed by atoms with van der Waals surface area (Å²) >= 11 is 0. The minimum absolute atomic E-state index is 0.0134. The fourth-order valence-electron chi connectivity index (χ4n) is 2.07. The predicted octanol–water partition coefficient (Wildman–Crippen LogP) is 2.90. The summed E-state index contributed by atoms with van der Waals surface area (Å²) in [6.45, 7) is -1.98. The largest absolute Gasteiger partial charge is 0.484 e. The number of nitro benzene ring substituents is 1. The van der Waals surface area contributed by atoms with Gasteiger partial charge in [-0.2, -0.15) is 13.2 Å². The van der Waals surface area contributed by atoms with Crippen LogP contribution in [0.15, 0.2) is 48.5 Å². The van der Waals surface area contributed by atoms with Gasteiger partial charge in [0.25, 0.3) is 17.5 Å². The van der Waals surface area contributed by atoms with Crippen LogP contribution in [0.1, 0.15) is 10.4 Å². The van der Waals surface area contributed by atoms with Crippen molar-refractivity contribution >= 4 is 23.2 Å². The van der Waals surface area contributed by atoms with Gasteiger partial charge in [-0.1, -0.05) is 12.1 Å². The molecule has 2 aromatic rings. The van der Waals surface area contributed by atoms with E-state index in [0.29, 0.717) is 0 Å². The standard InChI is InChI=1S/C17H14F3N3O5/c18-17(19,20)10-21-16(25)13-3-1-2-4-14(13)22-15(24)9-28-12-7-5-11(6-8-12)23(26)27/h1-8H,9-10H2,(H,21,25)(H,22,24). The molecule has 0 bridgehead atoms. The SMILES string of the molecule is O=C(COc1ccc([N+](=O)[O-])cc1)Nc1ccccc1C(=O)NCC(F)(F)F. The predicted molar refractivity (Wildman–Crippen MR) is 92.1 cm³/mol. The van der Waals surface area contributed by atoms with Gasteiger partial charge >= 0.3 is 6.18 Å². The molecule has 0 saturated carbocycles. The molecule has 0 radical (unpaired) electrons. The van der Waals surface area contributed by atoms with E-state index in [0.717, 1.165) is 0 Å². The maximum Gasteiger partial charge on any atom is 0.405 e. The number of hydrogen-bond acceptors (Lipinski definition) is 5. The summed E-state index contributed by atoms with van der Waals surface area (Å²) in [7, 11) is 0. The molecule has 2 amide bonds. The molecule has 2 N–H and O–H groups in total. The lowest BCUT2D eigenvalue weighted by Crippen LogP contribution is -2.34. The maximum atomic E-state index is 12.2. The number of ether oxygens (including phenoxy) is 1. The summed E-state index contributed by atoms with van der Waals surface area (Å²) in [6.07, 6.45) is -4.56. The van der Waals surface area contributed by atoms with Crippen LogP contribution in [0.5, 0.6) is 5.75 Å². The molecule has 0 aliphatic carbocycles. The van der Waals surface area contributed by atoms with Crippen molar-refractivity contribution in [1.29, 1.82) is 0 Å². The highest BCUT2D eigenvalue weighted by Crippen LogP contribution is 2.19. The maximum absolute atomic E-state index is 12.2. The van der Waals surface area contributed by atoms with Gasteiger partial charge in [-0.15, -0.1) is 0 Å². The van der Waals surface area contributed by atoms with Gasteiger partial charge in [0.2, 0.25) is 0 Å². The number of nitrogens with zero attached hydrogens (tertiary/aromatic N) is 1. The number of halogens is 3. The Morgan fingerprint density at radius 3 is 2.32 bits per heavy atom. The number of nitrogens with one attached hydrogen (secondary N) is 2. The Labute approximate surface area is 156 Å². The molecule has 2 aromatic carbocycles. The van der Waals surface area contributed by atoms with Crippen LogP contribution in [0, 0.1) is 10.1 Å². The molecule has 0 atom stereocenters. The molecule has 11 heteroatoms. The Kier molecular flexibility index (Phi) is 6.53. The molecular formula is C17H14F3N3O5. The van der Waals surface area contributed by atoms with Gasteiger partial charge in [0.1, 0.15) is 12.3 Å². The highest BCUT2D eigenvalue weighted by molar-refractivity contribution is 6.04. The second-order valence-corrected chi connectivity index (χ2v) is 5.43. The van der Waals surface area contributed by atoms with E-state index in [9.17, 15) is 32.9 Å². The number of para-hydroxylation sites is 1. The minimum atomic E-state index is -4.56. The van der Waals surface area contributed by atoms with Gasteiger partial charge in [-0.25, -0.2) is 0 Å². The molecule has 0 unspecified atom stereocenters. The zero-order valence-electron chi connectivity index (χ0n) is 14.2. The van der Waals surface area contributed by atoms with Crippen LogP contribution < -0.4 is 15.4 Å². The number of benzene rings is 2. The first-order valence-electron chi connectivity index (χ1n) is 7.77. The van der Waals surface area contributed by atoms with Crippen molar-refractivity contribution in [2.24, 2.45) is 0 Å². The van der Waals surface area contributed by atoms with Crippen LogP contribution in [-0.4, -0.2) is 36.1 Å². The lowest BCUT2D eigenvalue weighted by Gasteiger charge is -2.13. The van der Waals surface area contributed by atoms with Crippen molar-refractivity contribution in [1.82, 2.24) is 5.32 Å². The zero-order valence-corrected chi connectivity index (χ0v) is 14.2. The number of nitro groups is 1. The van der Waals surface area contributed by atoms with Crippen LogP contribution in [0.4, 0.5) is 24.5 Å². The van der Waals surface area contributed by atoms with E-state index >= 15 is 0 Å². The Bertz CT molecular complexity index is 869. The fourth-order valence-corrected chi connectivity index (χ4v) is 2.07. The summed E-state index contributed by atoms with van der Waals surface area (Å²) < 4.78 is 41.9. The van der Waals surface area contributed by atoms with Crippen LogP contribution in [0.3, 0.4) is 0 Å². The van der Waals surface area contributed by atoms with E-state index in [1.54, 1.807) is 5.32 Å². The molecular weight excluding hydrogens is 383 g/mol. The third-order valence-corrected chi connectivity index (χ3v) is 3.31. The highest BCUT2D eigenvalue weighted by atomic mass is 19.4. The Morgan fingerprint density at radius 2 is 1.71 bits per heavy atom. The molecule has 8 nitrogen and oxygen atoms in total. The molecule has 0 aromatic heterocycles. The van der Waals surface area contributed by atoms with Gasteiger partial charge < -0.3 is 15.4 Å². The molecule has 0 fully saturated rings. The van der Waals surface area contributed by atoms with Crippen LogP contribution in [0.25, 0.3) is 0 Å². The van der Waals surface area contributed by atoms with Gasteiger partial charge in [0.05, 0.1) is 16.2 Å². The lowest BCUT2D eigenvalue weighted by molar-refractivity contribution is -0.384. The first-order chi connectivity index (χ1) is 13.2. The van der Waals surface area contributed by atoms with Crippen molar-refractivity contribution in [3.8, 4) is 5.75 Å². The highest BCUT2D eigenvalue weighted by Gasteiger charge is 2.28. The normalized spacial score (nSPS) is 10.8. The van der Waals surface area contributed by atoms with Gasteiger partial charge in [-0.05, 0) is 24.3 Å². The summed E-state index contributed by atoms with van der Waals surface area (Å²) in [4.78, 5) is 33.9. The van der Waals surface area contributed by atoms with Crippen molar-refractivity contribution in [3.63, 3.8) is 0 Å². The van der Waals surface area contributed by atoms with E-state index in [-0.39, 0.29) is 22.7 Å². The van der Waals surface area contributed by atoms with Crippen molar-refractivity contribution in [2.75, 3.05) is 18.5 Å². The molecule has 2 rings (SSSR count). The third-order valence-electron chi connectivity index (χ3n) is 3.31. The molecule has 0 heterocycles. The topological polar surface area (TPSA) is 111 Å². The summed E-state index contributed by atoms with van der Waals surface area (Å²) in [5.41, 5.74) is -0.273. The number of rotatable bonds is 7. The number of anilines is 1. The van der Waals surface area contributed by atoms with Crippen molar-refractivity contribution < 1.29 is 32.4 Å². The average molecular weight is 397 g/mol. The molecule has 0 aliphatic heterocycles. The monoisotopic (exact) mass is 397 g/mol. The minimum Gasteiger partial charge on any atom is -0.484 e. The van der Waals surface area contributed by atoms with Crippen LogP contribution >= 0.6 is 0 Å². The van der Waals surface area contributed by atoms with Gasteiger partial charge in [0.15, 0.2) is 6.61 Å². The molecule has 0 aliphatic rings. The van der Waals surface area contributed by atoms with E-state index in [2.05, 4.69) is 5.32 Å². The van der Waals surface area contributed by atoms with E-state index in [1.165, 1.54) is 48.5 Å². The number of hydrogen-bond donors (Lipinski definition) is 2. The quantitative estimate of drug-likeness (QED) is 0.551. The van der Waals surface area contributed by atoms with Crippen LogP contribution in [0.2, 0.25) is 0 Å². The van der Waals surface area contributed by atoms with Gasteiger partial charge in [-0.3, -0.25) is 19.7 Å². The Morgan fingerprint density at radius 1 is 1.07 bits per heavy atom. The fraction of sp³-hybridized carbons (Fsp3) is 0.176. The second kappa shape index (κ2) is 8.84. The summed E-state index contributed by atoms with van der Waals surface area (Å²) in [5, 5.41) is 14.7. The molecule has 0 saturated heterocycles. The number of amides is 2. The van der Waals surface area contributed by atoms with E-state index < -0.39 is 36.1 Å². The zero-order chi connectivity index (χ0) is 20.7. The number of carbonyl (C=O) groups excluding carboxylic acids is 2. The second-order valence-electron chi connectivity index (χ2n) is 5.43. The van der Waals surface area contributed by atoms with Crippen LogP contribution in [-0.2, 0) is 4.79 Å². The number of alkyl halides is 3. The summed E-state index contributed by atoms with van der Waals surface area (Å²) in [5.74, 6) is -1.46. The molecule has 28 heavy (non-hydrogen) atoms. The van der Waals surface area contributed by atoms with Crippen molar-refractivity contribution in [3.05, 3.63) is 64.2 Å². The first-order valence-corrected chi connectivity index (χ1v) is 7.77. The molecule has 0 spiro atoms. The van der Waals surface area contributed by atoms with E-state index in [1.807, 2.05) is 0 Å². The number of non-ortho nitro benzene ring substituents is 1. The first kappa shape index (κ1) is 20.7. The third kappa shape index (κ3) is 6.27. The Balaban J connectivity index is 1.96. The van der Waals surface area contributed by atoms with E-state index in [4.69, 9.17) is 4.74 Å². The average Bonchev–Trinajstić information content (AvgIpc) is 2.64.